The van der Waals surface area contributed by atoms with Gasteiger partial charge in [-0.2, -0.15) is 0 Å². The second-order valence-electron chi connectivity index (χ2n) is 7.26. The fourth-order valence-corrected chi connectivity index (χ4v) is 4.35. The molecule has 146 valence electrons. The SMILES string of the molecule is O=C(N[C@H]1CCCc2c1[nH]c1ccc(Cl)cc21)[C@H](c1ccccc1)n1cnnn1. The van der Waals surface area contributed by atoms with E-state index in [1.165, 1.54) is 16.6 Å². The molecule has 0 fully saturated rings. The molecule has 1 aliphatic carbocycles. The van der Waals surface area contributed by atoms with E-state index < -0.39 is 6.04 Å². The maximum atomic E-state index is 13.3. The zero-order valence-electron chi connectivity index (χ0n) is 15.5. The summed E-state index contributed by atoms with van der Waals surface area (Å²) in [6.45, 7) is 0. The molecular weight excluding hydrogens is 388 g/mol. The summed E-state index contributed by atoms with van der Waals surface area (Å²) in [7, 11) is 0. The Bertz CT molecular complexity index is 1150. The van der Waals surface area contributed by atoms with Crippen LogP contribution in [0.1, 0.15) is 41.7 Å². The summed E-state index contributed by atoms with van der Waals surface area (Å²) in [5.41, 5.74) is 4.17. The lowest BCUT2D eigenvalue weighted by molar-refractivity contribution is -0.124. The molecule has 7 nitrogen and oxygen atoms in total. The number of carbonyl (C=O) groups excluding carboxylic acids is 1. The Morgan fingerprint density at radius 3 is 2.90 bits per heavy atom. The zero-order chi connectivity index (χ0) is 19.8. The topological polar surface area (TPSA) is 88.5 Å². The van der Waals surface area contributed by atoms with Gasteiger partial charge in [-0.05, 0) is 59.0 Å². The van der Waals surface area contributed by atoms with E-state index in [9.17, 15) is 4.79 Å². The van der Waals surface area contributed by atoms with E-state index in [0.29, 0.717) is 5.02 Å². The summed E-state index contributed by atoms with van der Waals surface area (Å²) in [4.78, 5) is 16.8. The van der Waals surface area contributed by atoms with E-state index in [1.807, 2.05) is 48.5 Å². The van der Waals surface area contributed by atoms with Crippen LogP contribution in [0.2, 0.25) is 5.02 Å². The van der Waals surface area contributed by atoms with Crippen molar-refractivity contribution in [2.45, 2.75) is 31.3 Å². The fraction of sp³-hybridized carbons (Fsp3) is 0.238. The third kappa shape index (κ3) is 3.27. The molecular formula is C21H19ClN6O. The van der Waals surface area contributed by atoms with Crippen LogP contribution in [0.3, 0.4) is 0 Å². The van der Waals surface area contributed by atoms with Crippen molar-refractivity contribution in [2.24, 2.45) is 0 Å². The number of rotatable bonds is 4. The van der Waals surface area contributed by atoms with Crippen LogP contribution >= 0.6 is 11.6 Å². The average molecular weight is 407 g/mol. The smallest absolute Gasteiger partial charge is 0.250 e. The highest BCUT2D eigenvalue weighted by Gasteiger charge is 2.30. The highest BCUT2D eigenvalue weighted by Crippen LogP contribution is 2.36. The van der Waals surface area contributed by atoms with E-state index in [4.69, 9.17) is 11.6 Å². The van der Waals surface area contributed by atoms with Crippen molar-refractivity contribution in [3.8, 4) is 0 Å². The van der Waals surface area contributed by atoms with Crippen LogP contribution in [0, 0.1) is 0 Å². The van der Waals surface area contributed by atoms with Crippen LogP contribution in [0.15, 0.2) is 54.9 Å². The Morgan fingerprint density at radius 1 is 1.24 bits per heavy atom. The molecule has 2 aromatic carbocycles. The molecule has 0 bridgehead atoms. The minimum absolute atomic E-state index is 0.0971. The van der Waals surface area contributed by atoms with Crippen LogP contribution in [-0.4, -0.2) is 31.1 Å². The van der Waals surface area contributed by atoms with Gasteiger partial charge in [-0.3, -0.25) is 4.79 Å². The summed E-state index contributed by atoms with van der Waals surface area (Å²) < 4.78 is 1.49. The number of nitrogens with zero attached hydrogens (tertiary/aromatic N) is 4. The number of carbonyl (C=O) groups is 1. The third-order valence-corrected chi connectivity index (χ3v) is 5.71. The molecule has 0 saturated carbocycles. The summed E-state index contributed by atoms with van der Waals surface area (Å²) in [6.07, 6.45) is 4.31. The molecule has 0 radical (unpaired) electrons. The lowest BCUT2D eigenvalue weighted by atomic mass is 9.91. The number of hydrogen-bond acceptors (Lipinski definition) is 4. The highest BCUT2D eigenvalue weighted by atomic mass is 35.5. The third-order valence-electron chi connectivity index (χ3n) is 5.48. The number of nitrogens with one attached hydrogen (secondary N) is 2. The Hall–Kier alpha value is -3.19. The first-order chi connectivity index (χ1) is 14.2. The Kier molecular flexibility index (Phi) is 4.52. The van der Waals surface area contributed by atoms with Crippen molar-refractivity contribution in [1.29, 1.82) is 0 Å². The number of H-pyrrole nitrogens is 1. The van der Waals surface area contributed by atoms with Crippen LogP contribution in [0.25, 0.3) is 10.9 Å². The van der Waals surface area contributed by atoms with Crippen LogP contribution in [0.4, 0.5) is 0 Å². The highest BCUT2D eigenvalue weighted by molar-refractivity contribution is 6.31. The molecule has 0 spiro atoms. The van der Waals surface area contributed by atoms with Crippen molar-refractivity contribution in [2.75, 3.05) is 0 Å². The van der Waals surface area contributed by atoms with E-state index in [-0.39, 0.29) is 11.9 Å². The van der Waals surface area contributed by atoms with Gasteiger partial charge in [-0.1, -0.05) is 41.9 Å². The van der Waals surface area contributed by atoms with Gasteiger partial charge in [0.1, 0.15) is 6.33 Å². The van der Waals surface area contributed by atoms with Crippen LogP contribution < -0.4 is 5.32 Å². The van der Waals surface area contributed by atoms with Gasteiger partial charge in [0.2, 0.25) is 5.91 Å². The first kappa shape index (κ1) is 17.9. The lowest BCUT2D eigenvalue weighted by Crippen LogP contribution is -2.37. The van der Waals surface area contributed by atoms with Crippen molar-refractivity contribution in [1.82, 2.24) is 30.5 Å². The number of aromatic nitrogens is 5. The van der Waals surface area contributed by atoms with Gasteiger partial charge in [0.05, 0.1) is 6.04 Å². The Morgan fingerprint density at radius 2 is 2.10 bits per heavy atom. The molecule has 1 amide bonds. The van der Waals surface area contributed by atoms with E-state index in [1.54, 1.807) is 0 Å². The number of fused-ring (bicyclic) bond motifs is 3. The normalized spacial score (nSPS) is 17.1. The molecule has 0 unspecified atom stereocenters. The fourth-order valence-electron chi connectivity index (χ4n) is 4.18. The van der Waals surface area contributed by atoms with Gasteiger partial charge in [-0.15, -0.1) is 5.10 Å². The van der Waals surface area contributed by atoms with Gasteiger partial charge in [0, 0.05) is 21.6 Å². The number of amides is 1. The van der Waals surface area contributed by atoms with Gasteiger partial charge in [-0.25, -0.2) is 4.68 Å². The van der Waals surface area contributed by atoms with Crippen molar-refractivity contribution >= 4 is 28.4 Å². The lowest BCUT2D eigenvalue weighted by Gasteiger charge is -2.26. The predicted molar refractivity (Wildman–Crippen MR) is 110 cm³/mol. The minimum Gasteiger partial charge on any atom is -0.356 e. The number of hydrogen-bond donors (Lipinski definition) is 2. The molecule has 2 N–H and O–H groups in total. The molecule has 1 aliphatic rings. The largest absolute Gasteiger partial charge is 0.356 e. The summed E-state index contributed by atoms with van der Waals surface area (Å²) in [5, 5.41) is 16.4. The molecule has 2 aromatic heterocycles. The first-order valence-electron chi connectivity index (χ1n) is 9.58. The predicted octanol–water partition coefficient (Wildman–Crippen LogP) is 3.59. The number of aromatic amines is 1. The quantitative estimate of drug-likeness (QED) is 0.542. The second kappa shape index (κ2) is 7.33. The molecule has 29 heavy (non-hydrogen) atoms. The van der Waals surface area contributed by atoms with Crippen molar-refractivity contribution < 1.29 is 4.79 Å². The maximum absolute atomic E-state index is 13.3. The molecule has 2 heterocycles. The summed E-state index contributed by atoms with van der Waals surface area (Å²) >= 11 is 6.20. The molecule has 4 aromatic rings. The first-order valence-corrected chi connectivity index (χ1v) is 9.96. The van der Waals surface area contributed by atoms with Crippen molar-refractivity contribution in [3.63, 3.8) is 0 Å². The molecule has 5 rings (SSSR count). The average Bonchev–Trinajstić information content (AvgIpc) is 3.38. The standard InChI is InChI=1S/C21H19ClN6O/c22-14-9-10-17-16(11-14)15-7-4-8-18(19(15)24-17)25-21(29)20(28-12-23-26-27-28)13-5-2-1-3-6-13/h1-3,5-6,9-12,18,20,24H,4,7-8H2,(H,25,29)/t18-,20-/m0/s1. The molecule has 0 saturated heterocycles. The maximum Gasteiger partial charge on any atom is 0.250 e. The Labute approximate surface area is 172 Å². The number of aryl methyl sites for hydroxylation is 1. The van der Waals surface area contributed by atoms with Crippen LogP contribution in [0.5, 0.6) is 0 Å². The number of halogens is 1. The van der Waals surface area contributed by atoms with E-state index in [2.05, 4.69) is 25.8 Å². The molecule has 2 atom stereocenters. The van der Waals surface area contributed by atoms with Gasteiger partial charge < -0.3 is 10.3 Å². The van der Waals surface area contributed by atoms with E-state index >= 15 is 0 Å². The zero-order valence-corrected chi connectivity index (χ0v) is 16.3. The Balaban J connectivity index is 1.48. The van der Waals surface area contributed by atoms with Gasteiger partial charge in [0.25, 0.3) is 0 Å². The number of benzene rings is 2. The summed E-state index contributed by atoms with van der Waals surface area (Å²) in [5.74, 6) is -0.141. The minimum atomic E-state index is -0.629. The summed E-state index contributed by atoms with van der Waals surface area (Å²) in [6, 6.07) is 14.7. The molecule has 8 heteroatoms. The van der Waals surface area contributed by atoms with Crippen LogP contribution in [-0.2, 0) is 11.2 Å². The number of tetrazole rings is 1. The van der Waals surface area contributed by atoms with Crippen molar-refractivity contribution in [3.05, 3.63) is 76.7 Å². The second-order valence-corrected chi connectivity index (χ2v) is 7.70. The van der Waals surface area contributed by atoms with E-state index in [0.717, 1.165) is 41.4 Å². The molecule has 0 aliphatic heterocycles. The van der Waals surface area contributed by atoms with Gasteiger partial charge >= 0.3 is 0 Å². The van der Waals surface area contributed by atoms with Gasteiger partial charge in [0.15, 0.2) is 6.04 Å². The monoisotopic (exact) mass is 406 g/mol.